The van der Waals surface area contributed by atoms with E-state index in [9.17, 15) is 0 Å². The van der Waals surface area contributed by atoms with Crippen LogP contribution < -0.4 is 5.32 Å². The molecule has 1 heterocycles. The zero-order valence-electron chi connectivity index (χ0n) is 9.32. The van der Waals surface area contributed by atoms with E-state index in [-0.39, 0.29) is 0 Å². The van der Waals surface area contributed by atoms with Crippen molar-refractivity contribution in [3.05, 3.63) is 16.1 Å². The van der Waals surface area contributed by atoms with E-state index in [1.54, 1.807) is 0 Å². The van der Waals surface area contributed by atoms with Crippen LogP contribution in [0.4, 0.5) is 0 Å². The Balaban J connectivity index is 1.75. The second-order valence-corrected chi connectivity index (χ2v) is 7.00. The molecule has 0 aromatic carbocycles. The molecule has 0 bridgehead atoms. The number of nitrogens with zero attached hydrogens (tertiary/aromatic N) is 1. The first-order valence-electron chi connectivity index (χ1n) is 5.52. The maximum Gasteiger partial charge on any atom is 0.103 e. The molecule has 1 aliphatic carbocycles. The second-order valence-electron chi connectivity index (χ2n) is 4.24. The first kappa shape index (κ1) is 11.4. The lowest BCUT2D eigenvalue weighted by Crippen LogP contribution is -2.14. The SMILES string of the molecule is CC(C)SCc1ncc(CNC2CC2)s1. The number of thiazole rings is 1. The maximum absolute atomic E-state index is 4.44. The molecule has 0 atom stereocenters. The van der Waals surface area contributed by atoms with E-state index in [0.29, 0.717) is 5.25 Å². The zero-order chi connectivity index (χ0) is 10.7. The van der Waals surface area contributed by atoms with Crippen LogP contribution in [0.5, 0.6) is 0 Å². The van der Waals surface area contributed by atoms with E-state index in [2.05, 4.69) is 24.1 Å². The van der Waals surface area contributed by atoms with Gasteiger partial charge >= 0.3 is 0 Å². The van der Waals surface area contributed by atoms with Gasteiger partial charge in [0.2, 0.25) is 0 Å². The van der Waals surface area contributed by atoms with Crippen molar-refractivity contribution in [2.75, 3.05) is 0 Å². The lowest BCUT2D eigenvalue weighted by atomic mass is 10.5. The molecule has 1 N–H and O–H groups in total. The number of hydrogen-bond acceptors (Lipinski definition) is 4. The van der Waals surface area contributed by atoms with Crippen LogP contribution in [0.2, 0.25) is 0 Å². The Labute approximate surface area is 99.9 Å². The van der Waals surface area contributed by atoms with Gasteiger partial charge in [-0.3, -0.25) is 0 Å². The van der Waals surface area contributed by atoms with E-state index in [1.807, 2.05) is 29.3 Å². The van der Waals surface area contributed by atoms with Crippen molar-refractivity contribution in [2.24, 2.45) is 0 Å². The third kappa shape index (κ3) is 4.13. The fourth-order valence-electron chi connectivity index (χ4n) is 1.27. The molecule has 0 radical (unpaired) electrons. The number of hydrogen-bond donors (Lipinski definition) is 1. The van der Waals surface area contributed by atoms with E-state index >= 15 is 0 Å². The molecule has 1 fully saturated rings. The summed E-state index contributed by atoms with van der Waals surface area (Å²) in [5.74, 6) is 1.06. The van der Waals surface area contributed by atoms with Gasteiger partial charge in [-0.15, -0.1) is 11.3 Å². The monoisotopic (exact) mass is 242 g/mol. The largest absolute Gasteiger partial charge is 0.309 e. The summed E-state index contributed by atoms with van der Waals surface area (Å²) < 4.78 is 0. The van der Waals surface area contributed by atoms with Crippen LogP contribution in [0.15, 0.2) is 6.20 Å². The third-order valence-electron chi connectivity index (χ3n) is 2.28. The molecule has 1 saturated carbocycles. The highest BCUT2D eigenvalue weighted by Gasteiger charge is 2.20. The standard InChI is InChI=1S/C11H18N2S2/c1-8(2)14-7-11-13-6-10(15-11)5-12-9-3-4-9/h6,8-9,12H,3-5,7H2,1-2H3. The Morgan fingerprint density at radius 1 is 1.60 bits per heavy atom. The summed E-state index contributed by atoms with van der Waals surface area (Å²) in [7, 11) is 0. The van der Waals surface area contributed by atoms with Gasteiger partial charge in [-0.2, -0.15) is 11.8 Å². The second kappa shape index (κ2) is 5.32. The summed E-state index contributed by atoms with van der Waals surface area (Å²) >= 11 is 3.81. The van der Waals surface area contributed by atoms with Crippen molar-refractivity contribution in [1.29, 1.82) is 0 Å². The molecule has 84 valence electrons. The predicted octanol–water partition coefficient (Wildman–Crippen LogP) is 3.04. The normalized spacial score (nSPS) is 16.2. The highest BCUT2D eigenvalue weighted by Crippen LogP contribution is 2.23. The minimum Gasteiger partial charge on any atom is -0.309 e. The molecule has 0 spiro atoms. The van der Waals surface area contributed by atoms with Crippen LogP contribution >= 0.6 is 23.1 Å². The molecule has 0 aliphatic heterocycles. The molecule has 0 saturated heterocycles. The van der Waals surface area contributed by atoms with Crippen molar-refractivity contribution >= 4 is 23.1 Å². The molecule has 1 aliphatic rings. The summed E-state index contributed by atoms with van der Waals surface area (Å²) in [4.78, 5) is 5.82. The zero-order valence-corrected chi connectivity index (χ0v) is 11.0. The molecule has 2 rings (SSSR count). The Kier molecular flexibility index (Phi) is 4.05. The van der Waals surface area contributed by atoms with Gasteiger partial charge in [0.25, 0.3) is 0 Å². The van der Waals surface area contributed by atoms with Gasteiger partial charge in [0, 0.05) is 29.4 Å². The molecule has 1 aromatic heterocycles. The average Bonchev–Trinajstić information content (AvgIpc) is 2.92. The van der Waals surface area contributed by atoms with Crippen molar-refractivity contribution in [1.82, 2.24) is 10.3 Å². The lowest BCUT2D eigenvalue weighted by Gasteiger charge is -2.00. The maximum atomic E-state index is 4.44. The van der Waals surface area contributed by atoms with Gasteiger partial charge in [0.05, 0.1) is 0 Å². The van der Waals surface area contributed by atoms with Crippen molar-refractivity contribution in [2.45, 2.75) is 50.3 Å². The summed E-state index contributed by atoms with van der Waals surface area (Å²) in [5.41, 5.74) is 0. The van der Waals surface area contributed by atoms with Crippen LogP contribution in [-0.2, 0) is 12.3 Å². The smallest absolute Gasteiger partial charge is 0.103 e. The Morgan fingerprint density at radius 2 is 2.40 bits per heavy atom. The fourth-order valence-corrected chi connectivity index (χ4v) is 2.93. The first-order chi connectivity index (χ1) is 7.24. The number of aromatic nitrogens is 1. The van der Waals surface area contributed by atoms with Crippen LogP contribution in [0.1, 0.15) is 36.6 Å². The van der Waals surface area contributed by atoms with Crippen molar-refractivity contribution < 1.29 is 0 Å². The summed E-state index contributed by atoms with van der Waals surface area (Å²) in [6.45, 7) is 5.47. The Bertz CT molecular complexity index is 285. The number of thioether (sulfide) groups is 1. The van der Waals surface area contributed by atoms with Gasteiger partial charge in [-0.1, -0.05) is 13.8 Å². The molecule has 0 amide bonds. The number of nitrogens with one attached hydrogen (secondary N) is 1. The van der Waals surface area contributed by atoms with Crippen LogP contribution in [0.25, 0.3) is 0 Å². The molecule has 0 unspecified atom stereocenters. The average molecular weight is 242 g/mol. The Hall–Kier alpha value is -0.0600. The molecular weight excluding hydrogens is 224 g/mol. The van der Waals surface area contributed by atoms with Gasteiger partial charge < -0.3 is 5.32 Å². The van der Waals surface area contributed by atoms with Crippen molar-refractivity contribution in [3.8, 4) is 0 Å². The van der Waals surface area contributed by atoms with Crippen molar-refractivity contribution in [3.63, 3.8) is 0 Å². The van der Waals surface area contributed by atoms with Gasteiger partial charge in [0.1, 0.15) is 5.01 Å². The molecule has 2 nitrogen and oxygen atoms in total. The highest BCUT2D eigenvalue weighted by atomic mass is 32.2. The van der Waals surface area contributed by atoms with Crippen LogP contribution in [-0.4, -0.2) is 16.3 Å². The molecule has 15 heavy (non-hydrogen) atoms. The minimum atomic E-state index is 0.696. The summed E-state index contributed by atoms with van der Waals surface area (Å²) in [6, 6.07) is 0.792. The van der Waals surface area contributed by atoms with E-state index < -0.39 is 0 Å². The van der Waals surface area contributed by atoms with Crippen LogP contribution in [0, 0.1) is 0 Å². The number of rotatable bonds is 6. The summed E-state index contributed by atoms with van der Waals surface area (Å²) in [6.07, 6.45) is 4.74. The van der Waals surface area contributed by atoms with E-state index in [1.165, 1.54) is 22.7 Å². The van der Waals surface area contributed by atoms with E-state index in [4.69, 9.17) is 0 Å². The Morgan fingerprint density at radius 3 is 3.07 bits per heavy atom. The molecule has 1 aromatic rings. The summed E-state index contributed by atoms with van der Waals surface area (Å²) in [5, 5.41) is 5.48. The van der Waals surface area contributed by atoms with E-state index in [0.717, 1.165) is 18.3 Å². The van der Waals surface area contributed by atoms with Crippen LogP contribution in [0.3, 0.4) is 0 Å². The van der Waals surface area contributed by atoms with Gasteiger partial charge in [-0.05, 0) is 18.1 Å². The lowest BCUT2D eigenvalue weighted by molar-refractivity contribution is 0.694. The van der Waals surface area contributed by atoms with Gasteiger partial charge in [-0.25, -0.2) is 4.98 Å². The third-order valence-corrected chi connectivity index (χ3v) is 4.57. The molecule has 4 heteroatoms. The minimum absolute atomic E-state index is 0.696. The van der Waals surface area contributed by atoms with Gasteiger partial charge in [0.15, 0.2) is 0 Å². The fraction of sp³-hybridized carbons (Fsp3) is 0.727. The quantitative estimate of drug-likeness (QED) is 0.830. The molecular formula is C11H18N2S2. The highest BCUT2D eigenvalue weighted by molar-refractivity contribution is 7.99. The first-order valence-corrected chi connectivity index (χ1v) is 7.39. The predicted molar refractivity (Wildman–Crippen MR) is 68.4 cm³/mol. The topological polar surface area (TPSA) is 24.9 Å².